The van der Waals surface area contributed by atoms with Gasteiger partial charge in [0.2, 0.25) is 0 Å². The Kier molecular flexibility index (Phi) is 8.09. The van der Waals surface area contributed by atoms with Crippen molar-refractivity contribution in [3.8, 4) is 0 Å². The van der Waals surface area contributed by atoms with E-state index in [-0.39, 0.29) is 5.91 Å². The number of amides is 1. The van der Waals surface area contributed by atoms with Gasteiger partial charge in [0.15, 0.2) is 5.96 Å². The van der Waals surface area contributed by atoms with E-state index in [2.05, 4.69) is 43.8 Å². The highest BCUT2D eigenvalue weighted by Crippen LogP contribution is 2.36. The summed E-state index contributed by atoms with van der Waals surface area (Å²) in [6.07, 6.45) is 3.39. The molecule has 1 aromatic carbocycles. The van der Waals surface area contributed by atoms with Crippen molar-refractivity contribution >= 4 is 39.6 Å². The molecule has 1 saturated heterocycles. The highest BCUT2D eigenvalue weighted by molar-refractivity contribution is 9.10. The fourth-order valence-corrected chi connectivity index (χ4v) is 4.34. The number of carbonyl (C=O) groups is 1. The summed E-state index contributed by atoms with van der Waals surface area (Å²) >= 11 is 5.41. The Hall–Kier alpha value is -1.21. The van der Waals surface area contributed by atoms with Crippen molar-refractivity contribution in [1.82, 2.24) is 16.0 Å². The molecule has 1 atom stereocenters. The van der Waals surface area contributed by atoms with Crippen LogP contribution >= 0.6 is 27.7 Å². The average Bonchev–Trinajstić information content (AvgIpc) is 3.04. The second-order valence-corrected chi connectivity index (χ2v) is 8.97. The van der Waals surface area contributed by atoms with Crippen molar-refractivity contribution in [3.63, 3.8) is 0 Å². The molecule has 25 heavy (non-hydrogen) atoms. The summed E-state index contributed by atoms with van der Waals surface area (Å²) in [7, 11) is 1.79. The summed E-state index contributed by atoms with van der Waals surface area (Å²) in [6.45, 7) is 4.63. The van der Waals surface area contributed by atoms with Crippen molar-refractivity contribution in [1.29, 1.82) is 0 Å². The first-order chi connectivity index (χ1) is 12.0. The lowest BCUT2D eigenvalue weighted by atomic mass is 10.1. The van der Waals surface area contributed by atoms with E-state index in [0.717, 1.165) is 29.9 Å². The number of aliphatic imine (C=N–C) groups is 1. The number of hydrogen-bond acceptors (Lipinski definition) is 3. The quantitative estimate of drug-likeness (QED) is 0.356. The summed E-state index contributed by atoms with van der Waals surface area (Å²) in [5.74, 6) is 2.03. The van der Waals surface area contributed by atoms with Gasteiger partial charge in [0.05, 0.1) is 0 Å². The normalized spacial score (nSPS) is 20.4. The number of thioether (sulfide) groups is 1. The fourth-order valence-electron chi connectivity index (χ4n) is 2.70. The zero-order valence-corrected chi connectivity index (χ0v) is 17.3. The third-order valence-corrected chi connectivity index (χ3v) is 6.20. The monoisotopic (exact) mass is 426 g/mol. The number of nitrogens with zero attached hydrogens (tertiary/aromatic N) is 1. The van der Waals surface area contributed by atoms with E-state index >= 15 is 0 Å². The molecule has 0 aromatic heterocycles. The molecule has 3 N–H and O–H groups in total. The second kappa shape index (κ2) is 10.1. The highest BCUT2D eigenvalue weighted by Gasteiger charge is 2.29. The van der Waals surface area contributed by atoms with E-state index < -0.39 is 0 Å². The maximum atomic E-state index is 12.0. The van der Waals surface area contributed by atoms with E-state index in [0.29, 0.717) is 16.9 Å². The van der Waals surface area contributed by atoms with Gasteiger partial charge in [-0.3, -0.25) is 9.79 Å². The molecule has 1 fully saturated rings. The van der Waals surface area contributed by atoms with Gasteiger partial charge < -0.3 is 16.0 Å². The van der Waals surface area contributed by atoms with E-state index in [1.165, 1.54) is 18.6 Å². The van der Waals surface area contributed by atoms with Gasteiger partial charge in [-0.1, -0.05) is 22.0 Å². The number of guanidine groups is 1. The van der Waals surface area contributed by atoms with Crippen LogP contribution in [0.25, 0.3) is 0 Å². The molecular formula is C18H27BrN4OS. The highest BCUT2D eigenvalue weighted by atomic mass is 79.9. The molecule has 0 radical (unpaired) electrons. The lowest BCUT2D eigenvalue weighted by Gasteiger charge is -2.24. The summed E-state index contributed by atoms with van der Waals surface area (Å²) in [4.78, 5) is 16.3. The third-order valence-electron chi connectivity index (χ3n) is 4.17. The van der Waals surface area contributed by atoms with Gasteiger partial charge in [-0.15, -0.1) is 0 Å². The largest absolute Gasteiger partial charge is 0.356 e. The van der Waals surface area contributed by atoms with Crippen LogP contribution in [-0.2, 0) is 0 Å². The molecule has 138 valence electrons. The Labute approximate surface area is 163 Å². The van der Waals surface area contributed by atoms with Crippen LogP contribution in [0.2, 0.25) is 0 Å². The lowest BCUT2D eigenvalue weighted by Crippen LogP contribution is -2.44. The van der Waals surface area contributed by atoms with Crippen LogP contribution < -0.4 is 16.0 Å². The van der Waals surface area contributed by atoms with E-state index in [4.69, 9.17) is 0 Å². The Morgan fingerprint density at radius 3 is 2.80 bits per heavy atom. The van der Waals surface area contributed by atoms with Crippen molar-refractivity contribution in [2.75, 3.05) is 32.4 Å². The number of benzene rings is 1. The molecular weight excluding hydrogens is 400 g/mol. The maximum absolute atomic E-state index is 12.0. The van der Waals surface area contributed by atoms with Gasteiger partial charge in [0.25, 0.3) is 5.91 Å². The van der Waals surface area contributed by atoms with Crippen molar-refractivity contribution in [2.24, 2.45) is 4.99 Å². The molecule has 0 spiro atoms. The molecule has 0 saturated carbocycles. The molecule has 1 unspecified atom stereocenters. The van der Waals surface area contributed by atoms with Crippen LogP contribution in [0.15, 0.2) is 33.7 Å². The van der Waals surface area contributed by atoms with Crippen molar-refractivity contribution in [2.45, 2.75) is 30.9 Å². The fraction of sp³-hybridized carbons (Fsp3) is 0.556. The van der Waals surface area contributed by atoms with Crippen LogP contribution in [0.3, 0.4) is 0 Å². The third kappa shape index (κ3) is 6.90. The van der Waals surface area contributed by atoms with E-state index in [1.54, 1.807) is 7.05 Å². The van der Waals surface area contributed by atoms with Crippen LogP contribution in [0.1, 0.15) is 36.5 Å². The molecule has 0 bridgehead atoms. The molecule has 7 heteroatoms. The van der Waals surface area contributed by atoms with Gasteiger partial charge in [0.1, 0.15) is 0 Å². The van der Waals surface area contributed by atoms with Crippen LogP contribution in [-0.4, -0.2) is 49.0 Å². The minimum absolute atomic E-state index is 0.0463. The van der Waals surface area contributed by atoms with E-state index in [1.807, 2.05) is 36.0 Å². The standard InChI is InChI=1S/C18H27BrN4OS/c1-18(8-4-11-25-18)13-23-17(20-2)22-10-5-9-21-16(24)14-6-3-7-15(19)12-14/h3,6-7,12H,4-5,8-11,13H2,1-2H3,(H,21,24)(H2,20,22,23). The smallest absolute Gasteiger partial charge is 0.251 e. The zero-order chi connectivity index (χ0) is 18.1. The van der Waals surface area contributed by atoms with Gasteiger partial charge in [-0.05, 0) is 50.1 Å². The number of carbonyl (C=O) groups excluding carboxylic acids is 1. The first kappa shape index (κ1) is 20.1. The molecule has 0 aliphatic carbocycles. The minimum atomic E-state index is -0.0463. The van der Waals surface area contributed by atoms with Gasteiger partial charge >= 0.3 is 0 Å². The van der Waals surface area contributed by atoms with Crippen LogP contribution in [0.5, 0.6) is 0 Å². The summed E-state index contributed by atoms with van der Waals surface area (Å²) in [5, 5.41) is 9.65. The Balaban J connectivity index is 1.62. The molecule has 5 nitrogen and oxygen atoms in total. The van der Waals surface area contributed by atoms with Crippen molar-refractivity contribution in [3.05, 3.63) is 34.3 Å². The molecule has 1 heterocycles. The number of hydrogen-bond donors (Lipinski definition) is 3. The first-order valence-electron chi connectivity index (χ1n) is 8.65. The molecule has 1 aliphatic heterocycles. The Morgan fingerprint density at radius 2 is 2.12 bits per heavy atom. The van der Waals surface area contributed by atoms with Crippen molar-refractivity contribution < 1.29 is 4.79 Å². The molecule has 1 aromatic rings. The van der Waals surface area contributed by atoms with Crippen LogP contribution in [0, 0.1) is 0 Å². The molecule has 1 amide bonds. The minimum Gasteiger partial charge on any atom is -0.356 e. The number of nitrogens with one attached hydrogen (secondary N) is 3. The topological polar surface area (TPSA) is 65.5 Å². The SMILES string of the molecule is CN=C(NCCCNC(=O)c1cccc(Br)c1)NCC1(C)CCCS1. The summed E-state index contributed by atoms with van der Waals surface area (Å²) < 4.78 is 1.22. The van der Waals surface area contributed by atoms with Gasteiger partial charge in [0, 0.05) is 41.5 Å². The zero-order valence-electron chi connectivity index (χ0n) is 14.9. The van der Waals surface area contributed by atoms with Gasteiger partial charge in [-0.25, -0.2) is 0 Å². The summed E-state index contributed by atoms with van der Waals surface area (Å²) in [5.41, 5.74) is 0.669. The van der Waals surface area contributed by atoms with Gasteiger partial charge in [-0.2, -0.15) is 11.8 Å². The Morgan fingerprint density at radius 1 is 1.32 bits per heavy atom. The average molecular weight is 427 g/mol. The van der Waals surface area contributed by atoms with E-state index in [9.17, 15) is 4.79 Å². The first-order valence-corrected chi connectivity index (χ1v) is 10.4. The van der Waals surface area contributed by atoms with Crippen LogP contribution in [0.4, 0.5) is 0 Å². The number of rotatable bonds is 7. The predicted molar refractivity (Wildman–Crippen MR) is 111 cm³/mol. The molecule has 2 rings (SSSR count). The second-order valence-electron chi connectivity index (χ2n) is 6.37. The predicted octanol–water partition coefficient (Wildman–Crippen LogP) is 3.02. The Bertz CT molecular complexity index is 602. The molecule has 1 aliphatic rings. The lowest BCUT2D eigenvalue weighted by molar-refractivity contribution is 0.0953. The summed E-state index contributed by atoms with van der Waals surface area (Å²) in [6, 6.07) is 7.40. The number of halogens is 1. The maximum Gasteiger partial charge on any atom is 0.251 e.